The Balaban J connectivity index is 1.38. The molecule has 0 amide bonds. The standard InChI is InChI=1S/C30H27N3O3S/c34-37(35,29-16-6-11-24-12-7-17-31-30(24)29)33-19-18-32(22-25(33)21-26-13-8-20-36-26)28-15-5-4-14-27(28)23-9-2-1-3-10-23/h1-17,20,25H,18-19,21-22H2. The summed E-state index contributed by atoms with van der Waals surface area (Å²) in [7, 11) is -3.81. The van der Waals surface area contributed by atoms with Crippen molar-refractivity contribution in [2.75, 3.05) is 24.5 Å². The summed E-state index contributed by atoms with van der Waals surface area (Å²) >= 11 is 0. The topological polar surface area (TPSA) is 66.7 Å². The van der Waals surface area contributed by atoms with Gasteiger partial charge in [0.25, 0.3) is 0 Å². The molecule has 0 radical (unpaired) electrons. The van der Waals surface area contributed by atoms with Crippen LogP contribution in [0.3, 0.4) is 0 Å². The Labute approximate surface area is 216 Å². The van der Waals surface area contributed by atoms with E-state index >= 15 is 0 Å². The van der Waals surface area contributed by atoms with Gasteiger partial charge in [0.2, 0.25) is 10.0 Å². The van der Waals surface area contributed by atoms with Crippen LogP contribution in [0.2, 0.25) is 0 Å². The number of sulfonamides is 1. The third-order valence-corrected chi connectivity index (χ3v) is 8.94. The molecule has 1 unspecified atom stereocenters. The van der Waals surface area contributed by atoms with E-state index in [-0.39, 0.29) is 10.9 Å². The van der Waals surface area contributed by atoms with Crippen LogP contribution in [-0.4, -0.2) is 43.4 Å². The Morgan fingerprint density at radius 3 is 2.49 bits per heavy atom. The van der Waals surface area contributed by atoms with Crippen molar-refractivity contribution in [1.82, 2.24) is 9.29 Å². The smallest absolute Gasteiger partial charge is 0.245 e. The van der Waals surface area contributed by atoms with E-state index in [1.54, 1.807) is 28.9 Å². The van der Waals surface area contributed by atoms with Gasteiger partial charge >= 0.3 is 0 Å². The lowest BCUT2D eigenvalue weighted by Gasteiger charge is -2.42. The van der Waals surface area contributed by atoms with Gasteiger partial charge in [-0.25, -0.2) is 8.42 Å². The van der Waals surface area contributed by atoms with E-state index in [1.165, 1.54) is 0 Å². The van der Waals surface area contributed by atoms with Crippen LogP contribution in [0, 0.1) is 0 Å². The summed E-state index contributed by atoms with van der Waals surface area (Å²) in [5.41, 5.74) is 3.87. The lowest BCUT2D eigenvalue weighted by Crippen LogP contribution is -2.56. The van der Waals surface area contributed by atoms with Crippen LogP contribution >= 0.6 is 0 Å². The molecule has 37 heavy (non-hydrogen) atoms. The van der Waals surface area contributed by atoms with Crippen LogP contribution in [0.25, 0.3) is 22.0 Å². The Hall–Kier alpha value is -3.94. The molecule has 7 heteroatoms. The minimum Gasteiger partial charge on any atom is -0.469 e. The predicted octanol–water partition coefficient (Wildman–Crippen LogP) is 5.62. The molecule has 0 N–H and O–H groups in total. The summed E-state index contributed by atoms with van der Waals surface area (Å²) in [5.74, 6) is 0.763. The van der Waals surface area contributed by atoms with E-state index in [4.69, 9.17) is 4.42 Å². The Bertz CT molecular complexity index is 1610. The average molecular weight is 510 g/mol. The zero-order chi connectivity index (χ0) is 25.2. The summed E-state index contributed by atoms with van der Waals surface area (Å²) < 4.78 is 35.5. The number of anilines is 1. The fourth-order valence-corrected chi connectivity index (χ4v) is 7.00. The molecule has 0 aliphatic carbocycles. The number of piperazine rings is 1. The van der Waals surface area contributed by atoms with Gasteiger partial charge in [-0.15, -0.1) is 0 Å². The molecule has 6 nitrogen and oxygen atoms in total. The fourth-order valence-electron chi connectivity index (χ4n) is 5.22. The van der Waals surface area contributed by atoms with Crippen LogP contribution in [-0.2, 0) is 16.4 Å². The molecule has 2 aromatic heterocycles. The van der Waals surface area contributed by atoms with Gasteiger partial charge < -0.3 is 9.32 Å². The maximum absolute atomic E-state index is 14.1. The van der Waals surface area contributed by atoms with Crippen LogP contribution in [0.5, 0.6) is 0 Å². The van der Waals surface area contributed by atoms with Crippen LogP contribution < -0.4 is 4.90 Å². The largest absolute Gasteiger partial charge is 0.469 e. The molecular weight excluding hydrogens is 482 g/mol. The lowest BCUT2D eigenvalue weighted by molar-refractivity contribution is 0.277. The predicted molar refractivity (Wildman–Crippen MR) is 146 cm³/mol. The van der Waals surface area contributed by atoms with Crippen molar-refractivity contribution in [3.05, 3.63) is 115 Å². The molecule has 1 aliphatic rings. The molecule has 0 bridgehead atoms. The quantitative estimate of drug-likeness (QED) is 0.297. The first-order valence-electron chi connectivity index (χ1n) is 12.4. The van der Waals surface area contributed by atoms with Crippen LogP contribution in [0.15, 0.2) is 119 Å². The Morgan fingerprint density at radius 2 is 1.65 bits per heavy atom. The second kappa shape index (κ2) is 9.84. The maximum Gasteiger partial charge on any atom is 0.245 e. The molecule has 3 aromatic carbocycles. The molecule has 0 spiro atoms. The third kappa shape index (κ3) is 4.52. The van der Waals surface area contributed by atoms with Crippen molar-refractivity contribution >= 4 is 26.6 Å². The van der Waals surface area contributed by atoms with Crippen LogP contribution in [0.4, 0.5) is 5.69 Å². The van der Waals surface area contributed by atoms with Crippen molar-refractivity contribution < 1.29 is 12.8 Å². The van der Waals surface area contributed by atoms with Gasteiger partial charge in [0, 0.05) is 54.9 Å². The number of benzene rings is 3. The summed E-state index contributed by atoms with van der Waals surface area (Å²) in [6.07, 6.45) is 3.75. The van der Waals surface area contributed by atoms with E-state index in [2.05, 4.69) is 34.1 Å². The maximum atomic E-state index is 14.1. The van der Waals surface area contributed by atoms with Gasteiger partial charge in [0.15, 0.2) is 0 Å². The van der Waals surface area contributed by atoms with Gasteiger partial charge in [-0.2, -0.15) is 4.31 Å². The van der Waals surface area contributed by atoms with Crippen molar-refractivity contribution in [2.45, 2.75) is 17.4 Å². The minimum atomic E-state index is -3.81. The van der Waals surface area contributed by atoms with Crippen molar-refractivity contribution in [2.24, 2.45) is 0 Å². The van der Waals surface area contributed by atoms with Gasteiger partial charge in [-0.05, 0) is 35.9 Å². The number of rotatable bonds is 6. The normalized spacial score (nSPS) is 16.8. The summed E-state index contributed by atoms with van der Waals surface area (Å²) in [6.45, 7) is 1.48. The molecule has 0 saturated carbocycles. The minimum absolute atomic E-state index is 0.244. The lowest BCUT2D eigenvalue weighted by atomic mass is 10.0. The molecule has 1 atom stereocenters. The molecule has 6 rings (SSSR count). The number of furan rings is 1. The number of fused-ring (bicyclic) bond motifs is 1. The molecule has 186 valence electrons. The highest BCUT2D eigenvalue weighted by molar-refractivity contribution is 7.89. The molecule has 1 aliphatic heterocycles. The Morgan fingerprint density at radius 1 is 0.838 bits per heavy atom. The molecule has 3 heterocycles. The third-order valence-electron chi connectivity index (χ3n) is 6.96. The SMILES string of the molecule is O=S(=O)(c1cccc2cccnc12)N1CCN(c2ccccc2-c2ccccc2)CC1Cc1ccco1. The van der Waals surface area contributed by atoms with E-state index in [0.29, 0.717) is 31.6 Å². The average Bonchev–Trinajstić information content (AvgIpc) is 3.46. The first-order chi connectivity index (χ1) is 18.1. The number of hydrogen-bond acceptors (Lipinski definition) is 5. The fraction of sp³-hybridized carbons (Fsp3) is 0.167. The van der Waals surface area contributed by atoms with Crippen LogP contribution in [0.1, 0.15) is 5.76 Å². The van der Waals surface area contributed by atoms with Gasteiger partial charge in [0.05, 0.1) is 11.8 Å². The number of pyridine rings is 1. The highest BCUT2D eigenvalue weighted by Gasteiger charge is 2.38. The first-order valence-corrected chi connectivity index (χ1v) is 13.8. The summed E-state index contributed by atoms with van der Waals surface area (Å²) in [4.78, 5) is 6.95. The second-order valence-corrected chi connectivity index (χ2v) is 11.1. The summed E-state index contributed by atoms with van der Waals surface area (Å²) in [6, 6.07) is 31.1. The number of para-hydroxylation sites is 2. The number of aromatic nitrogens is 1. The van der Waals surface area contributed by atoms with Gasteiger partial charge in [-0.1, -0.05) is 66.7 Å². The van der Waals surface area contributed by atoms with E-state index in [9.17, 15) is 8.42 Å². The highest BCUT2D eigenvalue weighted by Crippen LogP contribution is 2.34. The summed E-state index contributed by atoms with van der Waals surface area (Å²) in [5, 5.41) is 0.807. The first kappa shape index (κ1) is 23.5. The van der Waals surface area contributed by atoms with Crippen molar-refractivity contribution in [1.29, 1.82) is 0 Å². The Kier molecular flexibility index (Phi) is 6.24. The van der Waals surface area contributed by atoms with Crippen molar-refractivity contribution in [3.63, 3.8) is 0 Å². The second-order valence-electron chi connectivity index (χ2n) is 9.21. The molecule has 1 saturated heterocycles. The van der Waals surface area contributed by atoms with E-state index < -0.39 is 10.0 Å². The molecule has 5 aromatic rings. The van der Waals surface area contributed by atoms with Crippen molar-refractivity contribution in [3.8, 4) is 11.1 Å². The number of nitrogens with zero attached hydrogens (tertiary/aromatic N) is 3. The van der Waals surface area contributed by atoms with Gasteiger partial charge in [-0.3, -0.25) is 4.98 Å². The van der Waals surface area contributed by atoms with Gasteiger partial charge in [0.1, 0.15) is 10.7 Å². The van der Waals surface area contributed by atoms with E-state index in [0.717, 1.165) is 28.0 Å². The molecular formula is C30H27N3O3S. The van der Waals surface area contributed by atoms with E-state index in [1.807, 2.05) is 60.7 Å². The zero-order valence-electron chi connectivity index (χ0n) is 20.3. The molecule has 1 fully saturated rings. The monoisotopic (exact) mass is 509 g/mol. The number of hydrogen-bond donors (Lipinski definition) is 0. The highest BCUT2D eigenvalue weighted by atomic mass is 32.2. The zero-order valence-corrected chi connectivity index (χ0v) is 21.1.